The van der Waals surface area contributed by atoms with Crippen molar-refractivity contribution in [3.63, 3.8) is 0 Å². The van der Waals surface area contributed by atoms with Gasteiger partial charge in [0.2, 0.25) is 0 Å². The molecule has 0 amide bonds. The summed E-state index contributed by atoms with van der Waals surface area (Å²) >= 11 is 0. The zero-order valence-corrected chi connectivity index (χ0v) is 17.2. The summed E-state index contributed by atoms with van der Waals surface area (Å²) in [6.45, 7) is 7.80. The van der Waals surface area contributed by atoms with Gasteiger partial charge in [-0.05, 0) is 45.4 Å². The van der Waals surface area contributed by atoms with Gasteiger partial charge >= 0.3 is 5.69 Å². The molecule has 146 valence electrons. The van der Waals surface area contributed by atoms with Crippen LogP contribution in [0.4, 0.5) is 11.4 Å². The fourth-order valence-corrected chi connectivity index (χ4v) is 3.87. The van der Waals surface area contributed by atoms with E-state index < -0.39 is 0 Å². The fraction of sp³-hybridized carbons (Fsp3) is 0.350. The van der Waals surface area contributed by atoms with Crippen LogP contribution in [0.3, 0.4) is 0 Å². The number of nitrogens with zero attached hydrogens (tertiary/aromatic N) is 5. The third-order valence-corrected chi connectivity index (χ3v) is 5.45. The first-order chi connectivity index (χ1) is 13.2. The highest BCUT2D eigenvalue weighted by Gasteiger charge is 2.20. The molecule has 0 aliphatic carbocycles. The highest BCUT2D eigenvalue weighted by Crippen LogP contribution is 2.36. The molecule has 8 nitrogen and oxygen atoms in total. The predicted octanol–water partition coefficient (Wildman–Crippen LogP) is 3.24. The van der Waals surface area contributed by atoms with E-state index >= 15 is 0 Å². The molecule has 3 aromatic heterocycles. The summed E-state index contributed by atoms with van der Waals surface area (Å²) in [5.41, 5.74) is 8.02. The van der Waals surface area contributed by atoms with Gasteiger partial charge in [-0.15, -0.1) is 0 Å². The normalized spacial score (nSPS) is 11.5. The minimum Gasteiger partial charge on any atom is -0.361 e. The molecule has 0 fully saturated rings. The maximum Gasteiger partial charge on any atom is 0.328 e. The standard InChI is InChI=1S/C20H24N6O2/c1-10-17(13(4)28-23-10)14-8-15(21-18-11(2)22-26(7)12(18)3)19-16(9-14)24(5)20(27)25(19)6/h8-9,21H,1-7H3. The van der Waals surface area contributed by atoms with E-state index in [4.69, 9.17) is 4.52 Å². The summed E-state index contributed by atoms with van der Waals surface area (Å²) < 4.78 is 10.5. The van der Waals surface area contributed by atoms with Crippen LogP contribution < -0.4 is 11.0 Å². The molecule has 0 atom stereocenters. The van der Waals surface area contributed by atoms with E-state index in [1.165, 1.54) is 0 Å². The topological polar surface area (TPSA) is 82.8 Å². The Kier molecular flexibility index (Phi) is 3.95. The Balaban J connectivity index is 2.03. The van der Waals surface area contributed by atoms with Gasteiger partial charge in [-0.2, -0.15) is 5.10 Å². The summed E-state index contributed by atoms with van der Waals surface area (Å²) in [5.74, 6) is 0.748. The highest BCUT2D eigenvalue weighted by molar-refractivity contribution is 5.96. The molecule has 1 aromatic carbocycles. The van der Waals surface area contributed by atoms with Gasteiger partial charge in [-0.25, -0.2) is 4.79 Å². The van der Waals surface area contributed by atoms with Crippen molar-refractivity contribution in [3.8, 4) is 11.1 Å². The van der Waals surface area contributed by atoms with Crippen LogP contribution in [-0.2, 0) is 21.1 Å². The number of hydrogen-bond donors (Lipinski definition) is 1. The maximum atomic E-state index is 12.6. The first kappa shape index (κ1) is 18.1. The Morgan fingerprint density at radius 2 is 1.71 bits per heavy atom. The average Bonchev–Trinajstić information content (AvgIpc) is 3.19. The van der Waals surface area contributed by atoms with Crippen molar-refractivity contribution in [3.05, 3.63) is 45.5 Å². The number of aromatic nitrogens is 5. The number of anilines is 2. The number of hydrogen-bond acceptors (Lipinski definition) is 5. The fourth-order valence-electron chi connectivity index (χ4n) is 3.87. The number of fused-ring (bicyclic) bond motifs is 1. The van der Waals surface area contributed by atoms with Crippen LogP contribution >= 0.6 is 0 Å². The molecule has 0 aliphatic rings. The molecule has 1 N–H and O–H groups in total. The van der Waals surface area contributed by atoms with Gasteiger partial charge in [0.15, 0.2) is 0 Å². The SMILES string of the molecule is Cc1nn(C)c(C)c1Nc1cc(-c2c(C)noc2C)cc2c1n(C)c(=O)n2C. The van der Waals surface area contributed by atoms with E-state index in [9.17, 15) is 4.79 Å². The molecule has 0 bridgehead atoms. The second-order valence-electron chi connectivity index (χ2n) is 7.29. The van der Waals surface area contributed by atoms with Crippen molar-refractivity contribution in [1.82, 2.24) is 24.1 Å². The van der Waals surface area contributed by atoms with E-state index in [0.29, 0.717) is 0 Å². The van der Waals surface area contributed by atoms with Crippen LogP contribution in [0.15, 0.2) is 21.5 Å². The first-order valence-electron chi connectivity index (χ1n) is 9.10. The molecule has 28 heavy (non-hydrogen) atoms. The molecule has 8 heteroatoms. The summed E-state index contributed by atoms with van der Waals surface area (Å²) in [4.78, 5) is 12.6. The van der Waals surface area contributed by atoms with Gasteiger partial charge < -0.3 is 9.84 Å². The van der Waals surface area contributed by atoms with Crippen molar-refractivity contribution < 1.29 is 4.52 Å². The van der Waals surface area contributed by atoms with Gasteiger partial charge in [0.1, 0.15) is 5.76 Å². The zero-order valence-electron chi connectivity index (χ0n) is 17.2. The Morgan fingerprint density at radius 1 is 1.00 bits per heavy atom. The number of nitrogens with one attached hydrogen (secondary N) is 1. The maximum absolute atomic E-state index is 12.6. The molecule has 0 saturated heterocycles. The number of imidazole rings is 1. The van der Waals surface area contributed by atoms with Crippen molar-refractivity contribution in [2.45, 2.75) is 27.7 Å². The monoisotopic (exact) mass is 380 g/mol. The predicted molar refractivity (Wildman–Crippen MR) is 109 cm³/mol. The molecule has 0 radical (unpaired) electrons. The number of benzene rings is 1. The smallest absolute Gasteiger partial charge is 0.328 e. The minimum absolute atomic E-state index is 0.0754. The first-order valence-corrected chi connectivity index (χ1v) is 9.10. The lowest BCUT2D eigenvalue weighted by Crippen LogP contribution is -2.19. The second-order valence-corrected chi connectivity index (χ2v) is 7.29. The third kappa shape index (κ3) is 2.48. The summed E-state index contributed by atoms with van der Waals surface area (Å²) in [7, 11) is 5.49. The Hall–Kier alpha value is -3.29. The summed E-state index contributed by atoms with van der Waals surface area (Å²) in [5, 5.41) is 12.1. The lowest BCUT2D eigenvalue weighted by Gasteiger charge is -2.12. The van der Waals surface area contributed by atoms with Crippen LogP contribution in [0.5, 0.6) is 0 Å². The molecule has 0 unspecified atom stereocenters. The third-order valence-electron chi connectivity index (χ3n) is 5.45. The van der Waals surface area contributed by atoms with Crippen molar-refractivity contribution >= 4 is 22.4 Å². The van der Waals surface area contributed by atoms with Crippen LogP contribution in [0.1, 0.15) is 22.8 Å². The van der Waals surface area contributed by atoms with Crippen LogP contribution in [0, 0.1) is 27.7 Å². The lowest BCUT2D eigenvalue weighted by molar-refractivity contribution is 0.393. The van der Waals surface area contributed by atoms with Gasteiger partial charge in [0.25, 0.3) is 0 Å². The Bertz CT molecular complexity index is 1270. The van der Waals surface area contributed by atoms with E-state index in [-0.39, 0.29) is 5.69 Å². The average molecular weight is 380 g/mol. The molecule has 0 aliphatic heterocycles. The molecule has 4 aromatic rings. The van der Waals surface area contributed by atoms with E-state index in [1.54, 1.807) is 23.2 Å². The summed E-state index contributed by atoms with van der Waals surface area (Å²) in [6.07, 6.45) is 0. The zero-order chi connectivity index (χ0) is 20.3. The van der Waals surface area contributed by atoms with Crippen molar-refractivity contribution in [1.29, 1.82) is 0 Å². The number of rotatable bonds is 3. The van der Waals surface area contributed by atoms with E-state index in [1.807, 2.05) is 51.6 Å². The Labute approximate surface area is 162 Å². The van der Waals surface area contributed by atoms with E-state index in [2.05, 4.69) is 15.6 Å². The van der Waals surface area contributed by atoms with Crippen LogP contribution in [0.2, 0.25) is 0 Å². The highest BCUT2D eigenvalue weighted by atomic mass is 16.5. The summed E-state index contributed by atoms with van der Waals surface area (Å²) in [6, 6.07) is 4.05. The minimum atomic E-state index is -0.0754. The van der Waals surface area contributed by atoms with Crippen LogP contribution in [-0.4, -0.2) is 24.1 Å². The molecular formula is C20H24N6O2. The number of aryl methyl sites for hydroxylation is 6. The molecule has 0 saturated carbocycles. The van der Waals surface area contributed by atoms with Gasteiger partial charge in [0.05, 0.1) is 39.5 Å². The molecular weight excluding hydrogens is 356 g/mol. The molecule has 0 spiro atoms. The van der Waals surface area contributed by atoms with Crippen LogP contribution in [0.25, 0.3) is 22.2 Å². The van der Waals surface area contributed by atoms with Gasteiger partial charge in [-0.3, -0.25) is 13.8 Å². The van der Waals surface area contributed by atoms with Crippen molar-refractivity contribution in [2.75, 3.05) is 5.32 Å². The van der Waals surface area contributed by atoms with E-state index in [0.717, 1.165) is 56.4 Å². The molecule has 3 heterocycles. The quantitative estimate of drug-likeness (QED) is 0.590. The van der Waals surface area contributed by atoms with Crippen molar-refractivity contribution in [2.24, 2.45) is 21.1 Å². The van der Waals surface area contributed by atoms with Gasteiger partial charge in [-0.1, -0.05) is 5.16 Å². The van der Waals surface area contributed by atoms with Gasteiger partial charge in [0, 0.05) is 26.7 Å². The Morgan fingerprint density at radius 3 is 2.29 bits per heavy atom. The second kappa shape index (κ2) is 6.12. The lowest BCUT2D eigenvalue weighted by atomic mass is 10.0. The largest absolute Gasteiger partial charge is 0.361 e. The molecule has 4 rings (SSSR count).